The van der Waals surface area contributed by atoms with Crippen molar-refractivity contribution in [2.45, 2.75) is 18.9 Å². The van der Waals surface area contributed by atoms with E-state index in [1.54, 1.807) is 56.6 Å². The summed E-state index contributed by atoms with van der Waals surface area (Å²) in [6.45, 7) is 1.05. The third kappa shape index (κ3) is 4.98. The number of methoxy groups -OCH3 is 1. The number of hydrogen-bond acceptors (Lipinski definition) is 5. The van der Waals surface area contributed by atoms with E-state index in [4.69, 9.17) is 21.1 Å². The highest BCUT2D eigenvalue weighted by molar-refractivity contribution is 6.32. The number of benzene rings is 1. The number of ether oxygens (including phenoxy) is 2. The summed E-state index contributed by atoms with van der Waals surface area (Å²) < 4.78 is 11.1. The monoisotopic (exact) mass is 417 g/mol. The number of likely N-dealkylation sites (tertiary alicyclic amines) is 1. The van der Waals surface area contributed by atoms with Crippen LogP contribution in [0.15, 0.2) is 36.5 Å². The van der Waals surface area contributed by atoms with Crippen molar-refractivity contribution in [3.63, 3.8) is 0 Å². The lowest BCUT2D eigenvalue weighted by Gasteiger charge is -2.19. The predicted molar refractivity (Wildman–Crippen MR) is 110 cm³/mol. The zero-order chi connectivity index (χ0) is 21.0. The van der Waals surface area contributed by atoms with Gasteiger partial charge in [-0.25, -0.2) is 4.98 Å². The van der Waals surface area contributed by atoms with Gasteiger partial charge in [0.05, 0.1) is 25.1 Å². The molecule has 0 bridgehead atoms. The average Bonchev–Trinajstić information content (AvgIpc) is 3.16. The van der Waals surface area contributed by atoms with Crippen molar-refractivity contribution in [2.24, 2.45) is 0 Å². The molecule has 1 fully saturated rings. The van der Waals surface area contributed by atoms with Crippen molar-refractivity contribution in [1.82, 2.24) is 14.8 Å². The molecule has 1 saturated heterocycles. The maximum absolute atomic E-state index is 12.7. The lowest BCUT2D eigenvalue weighted by Crippen LogP contribution is -2.32. The van der Waals surface area contributed by atoms with Crippen LogP contribution in [-0.2, 0) is 11.2 Å². The average molecular weight is 418 g/mol. The second-order valence-electron chi connectivity index (χ2n) is 7.07. The number of amides is 2. The number of aromatic nitrogens is 1. The van der Waals surface area contributed by atoms with Crippen LogP contribution in [0.4, 0.5) is 0 Å². The summed E-state index contributed by atoms with van der Waals surface area (Å²) >= 11 is 6.14. The zero-order valence-corrected chi connectivity index (χ0v) is 17.5. The number of nitrogens with zero attached hydrogens (tertiary/aromatic N) is 3. The van der Waals surface area contributed by atoms with E-state index in [9.17, 15) is 9.59 Å². The van der Waals surface area contributed by atoms with E-state index in [2.05, 4.69) is 4.98 Å². The fourth-order valence-electron chi connectivity index (χ4n) is 3.20. The van der Waals surface area contributed by atoms with Gasteiger partial charge < -0.3 is 19.3 Å². The first-order chi connectivity index (χ1) is 13.9. The standard InChI is InChI=1S/C21H24ClN3O4/c1-24(2)21(27)16-5-4-9-23-20(16)29-15-8-10-25(13-15)19(26)12-14-6-7-18(28-3)17(22)11-14/h4-7,9,11,15H,8,10,12-13H2,1-3H3. The van der Waals surface area contributed by atoms with Crippen LogP contribution in [0.1, 0.15) is 22.3 Å². The molecule has 1 unspecified atom stereocenters. The Hall–Kier alpha value is -2.80. The third-order valence-electron chi connectivity index (χ3n) is 4.76. The number of halogens is 1. The molecule has 0 saturated carbocycles. The number of rotatable bonds is 6. The SMILES string of the molecule is COc1ccc(CC(=O)N2CCC(Oc3ncccc3C(=O)N(C)C)C2)cc1Cl. The second-order valence-corrected chi connectivity index (χ2v) is 7.48. The molecule has 0 radical (unpaired) electrons. The molecule has 29 heavy (non-hydrogen) atoms. The van der Waals surface area contributed by atoms with Crippen molar-refractivity contribution < 1.29 is 19.1 Å². The lowest BCUT2D eigenvalue weighted by molar-refractivity contribution is -0.129. The van der Waals surface area contributed by atoms with Gasteiger partial charge in [0, 0.05) is 33.3 Å². The fraction of sp³-hybridized carbons (Fsp3) is 0.381. The summed E-state index contributed by atoms with van der Waals surface area (Å²) in [4.78, 5) is 32.4. The van der Waals surface area contributed by atoms with E-state index in [0.717, 1.165) is 5.56 Å². The minimum Gasteiger partial charge on any atom is -0.495 e. The van der Waals surface area contributed by atoms with E-state index in [0.29, 0.717) is 41.7 Å². The van der Waals surface area contributed by atoms with Crippen LogP contribution >= 0.6 is 11.6 Å². The highest BCUT2D eigenvalue weighted by atomic mass is 35.5. The lowest BCUT2D eigenvalue weighted by atomic mass is 10.1. The van der Waals surface area contributed by atoms with E-state index in [-0.39, 0.29) is 24.3 Å². The molecule has 7 nitrogen and oxygen atoms in total. The Morgan fingerprint density at radius 2 is 2.10 bits per heavy atom. The Balaban J connectivity index is 1.61. The van der Waals surface area contributed by atoms with Crippen molar-refractivity contribution in [3.8, 4) is 11.6 Å². The highest BCUT2D eigenvalue weighted by Gasteiger charge is 2.29. The van der Waals surface area contributed by atoms with Gasteiger partial charge in [0.1, 0.15) is 17.4 Å². The normalized spacial score (nSPS) is 15.9. The molecule has 0 aliphatic carbocycles. The molecule has 8 heteroatoms. The molecule has 1 aromatic heterocycles. The van der Waals surface area contributed by atoms with Crippen LogP contribution in [0.5, 0.6) is 11.6 Å². The van der Waals surface area contributed by atoms with E-state index >= 15 is 0 Å². The van der Waals surface area contributed by atoms with Crippen LogP contribution in [0.3, 0.4) is 0 Å². The van der Waals surface area contributed by atoms with Gasteiger partial charge in [-0.1, -0.05) is 17.7 Å². The number of hydrogen-bond donors (Lipinski definition) is 0. The van der Waals surface area contributed by atoms with E-state index in [1.807, 2.05) is 6.07 Å². The molecular formula is C21H24ClN3O4. The highest BCUT2D eigenvalue weighted by Crippen LogP contribution is 2.26. The van der Waals surface area contributed by atoms with Gasteiger partial charge in [-0.3, -0.25) is 9.59 Å². The maximum Gasteiger partial charge on any atom is 0.258 e. The van der Waals surface area contributed by atoms with Gasteiger partial charge in [-0.15, -0.1) is 0 Å². The molecule has 1 aromatic carbocycles. The molecule has 0 spiro atoms. The van der Waals surface area contributed by atoms with Crippen molar-refractivity contribution in [3.05, 3.63) is 52.7 Å². The quantitative estimate of drug-likeness (QED) is 0.722. The van der Waals surface area contributed by atoms with Gasteiger partial charge in [-0.05, 0) is 29.8 Å². The first kappa shape index (κ1) is 20.9. The van der Waals surface area contributed by atoms with Gasteiger partial charge in [0.2, 0.25) is 11.8 Å². The molecule has 154 valence electrons. The summed E-state index contributed by atoms with van der Waals surface area (Å²) in [5, 5.41) is 0.480. The first-order valence-electron chi connectivity index (χ1n) is 9.32. The molecule has 2 amide bonds. The number of carbonyl (C=O) groups is 2. The maximum atomic E-state index is 12.7. The minimum atomic E-state index is -0.206. The van der Waals surface area contributed by atoms with Crippen molar-refractivity contribution in [2.75, 3.05) is 34.3 Å². The van der Waals surface area contributed by atoms with E-state index in [1.165, 1.54) is 4.90 Å². The third-order valence-corrected chi connectivity index (χ3v) is 5.05. The van der Waals surface area contributed by atoms with Gasteiger partial charge in [-0.2, -0.15) is 0 Å². The zero-order valence-electron chi connectivity index (χ0n) is 16.7. The van der Waals surface area contributed by atoms with Crippen LogP contribution in [0.2, 0.25) is 5.02 Å². The molecule has 1 aliphatic rings. The minimum absolute atomic E-state index is 0.00273. The van der Waals surface area contributed by atoms with Gasteiger partial charge in [0.15, 0.2) is 0 Å². The molecule has 1 atom stereocenters. The van der Waals surface area contributed by atoms with Crippen LogP contribution < -0.4 is 9.47 Å². The van der Waals surface area contributed by atoms with Gasteiger partial charge in [0.25, 0.3) is 5.91 Å². The summed E-state index contributed by atoms with van der Waals surface area (Å²) in [7, 11) is 4.91. The molecule has 2 aromatic rings. The first-order valence-corrected chi connectivity index (χ1v) is 9.70. The predicted octanol–water partition coefficient (Wildman–Crippen LogP) is 2.67. The van der Waals surface area contributed by atoms with E-state index < -0.39 is 0 Å². The fourth-order valence-corrected chi connectivity index (χ4v) is 3.48. The molecular weight excluding hydrogens is 394 g/mol. The summed E-state index contributed by atoms with van der Waals surface area (Å²) in [5.74, 6) is 0.710. The molecule has 3 rings (SSSR count). The Kier molecular flexibility index (Phi) is 6.59. The molecule has 1 aliphatic heterocycles. The van der Waals surface area contributed by atoms with Crippen molar-refractivity contribution in [1.29, 1.82) is 0 Å². The largest absolute Gasteiger partial charge is 0.495 e. The van der Waals surface area contributed by atoms with Crippen LogP contribution in [-0.4, -0.2) is 67.0 Å². The Bertz CT molecular complexity index is 903. The van der Waals surface area contributed by atoms with Crippen LogP contribution in [0, 0.1) is 0 Å². The summed E-state index contributed by atoms with van der Waals surface area (Å²) in [6.07, 6.45) is 2.32. The number of pyridine rings is 1. The second kappa shape index (κ2) is 9.13. The van der Waals surface area contributed by atoms with Gasteiger partial charge >= 0.3 is 0 Å². The Morgan fingerprint density at radius 1 is 1.31 bits per heavy atom. The summed E-state index contributed by atoms with van der Waals surface area (Å²) in [6, 6.07) is 8.73. The molecule has 0 N–H and O–H groups in total. The smallest absolute Gasteiger partial charge is 0.258 e. The Morgan fingerprint density at radius 3 is 2.79 bits per heavy atom. The topological polar surface area (TPSA) is 72.0 Å². The number of carbonyl (C=O) groups excluding carboxylic acids is 2. The Labute approximate surface area is 175 Å². The van der Waals surface area contributed by atoms with Crippen molar-refractivity contribution >= 4 is 23.4 Å². The molecule has 2 heterocycles. The van der Waals surface area contributed by atoms with Crippen LogP contribution in [0.25, 0.3) is 0 Å². The summed E-state index contributed by atoms with van der Waals surface area (Å²) in [5.41, 5.74) is 1.24.